The average molecular weight is 467 g/mol. The summed E-state index contributed by atoms with van der Waals surface area (Å²) in [6.07, 6.45) is 4.79. The lowest BCUT2D eigenvalue weighted by atomic mass is 10.0. The van der Waals surface area contributed by atoms with E-state index < -0.39 is 5.91 Å². The fourth-order valence-electron chi connectivity index (χ4n) is 4.14. The second-order valence-electron chi connectivity index (χ2n) is 8.00. The molecule has 0 aliphatic carbocycles. The highest BCUT2D eigenvalue weighted by atomic mass is 35.5. The van der Waals surface area contributed by atoms with Crippen LogP contribution in [0.3, 0.4) is 0 Å². The van der Waals surface area contributed by atoms with Gasteiger partial charge in [0.2, 0.25) is 11.8 Å². The van der Waals surface area contributed by atoms with Gasteiger partial charge in [-0.05, 0) is 78.4 Å². The van der Waals surface area contributed by atoms with Crippen LogP contribution >= 0.6 is 11.6 Å². The lowest BCUT2D eigenvalue weighted by molar-refractivity contribution is -0.119. The van der Waals surface area contributed by atoms with Gasteiger partial charge in [-0.1, -0.05) is 17.7 Å². The molecule has 2 aromatic carbocycles. The number of hydrogen-bond acceptors (Lipinski definition) is 4. The molecule has 6 nitrogen and oxygen atoms in total. The lowest BCUT2D eigenvalue weighted by Crippen LogP contribution is -2.15. The highest BCUT2D eigenvalue weighted by molar-refractivity contribution is 6.30. The number of nitrogens with one attached hydrogen (secondary N) is 1. The van der Waals surface area contributed by atoms with Gasteiger partial charge in [-0.2, -0.15) is 0 Å². The van der Waals surface area contributed by atoms with Crippen LogP contribution < -0.4 is 16.0 Å². The van der Waals surface area contributed by atoms with E-state index >= 15 is 0 Å². The Labute approximate surface area is 196 Å². The Morgan fingerprint density at radius 2 is 2.00 bits per heavy atom. The molecule has 3 N–H and O–H groups in total. The number of fused-ring (bicyclic) bond motifs is 1. The summed E-state index contributed by atoms with van der Waals surface area (Å²) in [4.78, 5) is 28.3. The maximum atomic E-state index is 13.6. The molecule has 0 unspecified atom stereocenters. The number of carbonyl (C=O) groups excluding carboxylic acids is 2. The summed E-state index contributed by atoms with van der Waals surface area (Å²) in [5.41, 5.74) is 9.75. The summed E-state index contributed by atoms with van der Waals surface area (Å²) in [7, 11) is 0. The maximum absolute atomic E-state index is 13.6. The number of nitrogens with zero attached hydrogens (tertiary/aromatic N) is 2. The zero-order valence-electron chi connectivity index (χ0n) is 18.0. The average Bonchev–Trinajstić information content (AvgIpc) is 3.42. The first-order valence-corrected chi connectivity index (χ1v) is 11.1. The van der Waals surface area contributed by atoms with E-state index in [1.54, 1.807) is 18.3 Å². The van der Waals surface area contributed by atoms with Crippen molar-refractivity contribution in [1.29, 1.82) is 0 Å². The van der Waals surface area contributed by atoms with E-state index in [-0.39, 0.29) is 11.7 Å². The van der Waals surface area contributed by atoms with Gasteiger partial charge in [0.1, 0.15) is 11.6 Å². The third-order valence-electron chi connectivity index (χ3n) is 5.61. The van der Waals surface area contributed by atoms with E-state index in [0.29, 0.717) is 17.0 Å². The molecule has 3 heterocycles. The Morgan fingerprint density at radius 3 is 2.67 bits per heavy atom. The summed E-state index contributed by atoms with van der Waals surface area (Å²) in [5, 5.41) is 3.06. The maximum Gasteiger partial charge on any atom is 0.249 e. The molecule has 1 saturated heterocycles. The van der Waals surface area contributed by atoms with E-state index in [9.17, 15) is 14.0 Å². The molecule has 0 saturated carbocycles. The van der Waals surface area contributed by atoms with Gasteiger partial charge >= 0.3 is 0 Å². The minimum absolute atomic E-state index is 0.204. The van der Waals surface area contributed by atoms with Crippen molar-refractivity contribution in [2.45, 2.75) is 25.7 Å². The summed E-state index contributed by atoms with van der Waals surface area (Å²) < 4.78 is 13.6. The Balaban J connectivity index is 0.000000376. The fourth-order valence-corrected chi connectivity index (χ4v) is 4.38. The van der Waals surface area contributed by atoms with Gasteiger partial charge in [0.05, 0.1) is 0 Å². The number of anilines is 2. The van der Waals surface area contributed by atoms with Gasteiger partial charge in [-0.25, -0.2) is 9.37 Å². The van der Waals surface area contributed by atoms with Gasteiger partial charge in [0.15, 0.2) is 0 Å². The van der Waals surface area contributed by atoms with Gasteiger partial charge in [0.25, 0.3) is 0 Å². The standard InChI is InChI=1S/C21H17ClFN3O.C4H7NO/c22-15-9-14(10-16(23)12-15)8-13-4-6-25-20(11-13)26-7-5-17-18(21(24)27)2-1-3-19(17)26;6-4-2-1-3-5-4/h1-4,6,9-12H,5,7-8H2,(H2,24,27);1-3H2,(H,5,6). The molecule has 2 amide bonds. The van der Waals surface area contributed by atoms with Crippen molar-refractivity contribution in [3.05, 3.63) is 87.8 Å². The fraction of sp³-hybridized carbons (Fsp3) is 0.240. The number of pyridine rings is 1. The van der Waals surface area contributed by atoms with Crippen LogP contribution in [0.4, 0.5) is 15.9 Å². The molecule has 0 spiro atoms. The van der Waals surface area contributed by atoms with Crippen LogP contribution in [0.2, 0.25) is 5.02 Å². The zero-order valence-corrected chi connectivity index (χ0v) is 18.7. The number of benzene rings is 2. The molecule has 1 aromatic heterocycles. The van der Waals surface area contributed by atoms with Crippen molar-refractivity contribution in [2.24, 2.45) is 5.73 Å². The van der Waals surface area contributed by atoms with Crippen LogP contribution in [-0.4, -0.2) is 29.9 Å². The topological polar surface area (TPSA) is 88.3 Å². The molecule has 0 atom stereocenters. The van der Waals surface area contributed by atoms with Crippen molar-refractivity contribution < 1.29 is 14.0 Å². The van der Waals surface area contributed by atoms with Crippen molar-refractivity contribution in [3.8, 4) is 0 Å². The van der Waals surface area contributed by atoms with Crippen LogP contribution in [0.5, 0.6) is 0 Å². The molecule has 2 aliphatic heterocycles. The van der Waals surface area contributed by atoms with Gasteiger partial charge < -0.3 is 16.0 Å². The second-order valence-corrected chi connectivity index (χ2v) is 8.44. The van der Waals surface area contributed by atoms with Crippen LogP contribution in [0.1, 0.15) is 39.9 Å². The molecule has 1 fully saturated rings. The Morgan fingerprint density at radius 1 is 1.15 bits per heavy atom. The van der Waals surface area contributed by atoms with E-state index in [1.807, 2.05) is 24.3 Å². The smallest absolute Gasteiger partial charge is 0.249 e. The van der Waals surface area contributed by atoms with E-state index in [1.165, 1.54) is 12.1 Å². The number of halogens is 2. The summed E-state index contributed by atoms with van der Waals surface area (Å²) in [6, 6.07) is 14.0. The SMILES string of the molecule is NC(=O)c1cccc2c1CCN2c1cc(Cc2cc(F)cc(Cl)c2)ccn1.O=C1CCCN1. The van der Waals surface area contributed by atoms with Gasteiger partial charge in [-0.3, -0.25) is 9.59 Å². The largest absolute Gasteiger partial charge is 0.366 e. The monoisotopic (exact) mass is 466 g/mol. The molecule has 5 rings (SSSR count). The van der Waals surface area contributed by atoms with Crippen LogP contribution in [0.25, 0.3) is 0 Å². The molecule has 8 heteroatoms. The predicted molar refractivity (Wildman–Crippen MR) is 126 cm³/mol. The second kappa shape index (κ2) is 10.0. The number of primary amides is 1. The molecular weight excluding hydrogens is 443 g/mol. The first kappa shape index (κ1) is 22.7. The normalized spacial score (nSPS) is 14.4. The third-order valence-corrected chi connectivity index (χ3v) is 5.83. The van der Waals surface area contributed by atoms with E-state index in [0.717, 1.165) is 60.5 Å². The molecule has 170 valence electrons. The number of aromatic nitrogens is 1. The molecule has 33 heavy (non-hydrogen) atoms. The lowest BCUT2D eigenvalue weighted by Gasteiger charge is -2.19. The Hall–Kier alpha value is -3.45. The van der Waals surface area contributed by atoms with Crippen LogP contribution in [0.15, 0.2) is 54.7 Å². The number of amides is 2. The highest BCUT2D eigenvalue weighted by Crippen LogP contribution is 2.35. The van der Waals surface area contributed by atoms with Crippen molar-refractivity contribution in [3.63, 3.8) is 0 Å². The number of rotatable bonds is 4. The van der Waals surface area contributed by atoms with Crippen molar-refractivity contribution >= 4 is 34.9 Å². The predicted octanol–water partition coefficient (Wildman–Crippen LogP) is 4.15. The Kier molecular flexibility index (Phi) is 6.89. The summed E-state index contributed by atoms with van der Waals surface area (Å²) >= 11 is 5.95. The third kappa shape index (κ3) is 5.49. The molecule has 3 aromatic rings. The molecule has 0 bridgehead atoms. The molecule has 2 aliphatic rings. The highest BCUT2D eigenvalue weighted by Gasteiger charge is 2.25. The minimum Gasteiger partial charge on any atom is -0.366 e. The van der Waals surface area contributed by atoms with Gasteiger partial charge in [-0.15, -0.1) is 0 Å². The summed E-state index contributed by atoms with van der Waals surface area (Å²) in [6.45, 7) is 1.61. The minimum atomic E-state index is -0.418. The first-order chi connectivity index (χ1) is 15.9. The van der Waals surface area contributed by atoms with Gasteiger partial charge in [0, 0.05) is 42.0 Å². The molecule has 0 radical (unpaired) electrons. The quantitative estimate of drug-likeness (QED) is 0.604. The van der Waals surface area contributed by atoms with Crippen molar-refractivity contribution in [2.75, 3.05) is 18.0 Å². The number of hydrogen-bond donors (Lipinski definition) is 2. The Bertz CT molecular complexity index is 1170. The molecular formula is C25H24ClFN4O2. The van der Waals surface area contributed by atoms with E-state index in [2.05, 4.69) is 15.2 Å². The number of nitrogens with two attached hydrogens (primary N) is 1. The van der Waals surface area contributed by atoms with Crippen molar-refractivity contribution in [1.82, 2.24) is 10.3 Å². The van der Waals surface area contributed by atoms with Crippen LogP contribution in [0, 0.1) is 5.82 Å². The first-order valence-electron chi connectivity index (χ1n) is 10.8. The zero-order chi connectivity index (χ0) is 23.4. The number of carbonyl (C=O) groups is 2. The van der Waals surface area contributed by atoms with Crippen LogP contribution in [-0.2, 0) is 17.6 Å². The van der Waals surface area contributed by atoms with E-state index in [4.69, 9.17) is 17.3 Å². The summed E-state index contributed by atoms with van der Waals surface area (Å²) in [5.74, 6) is 0.225.